The van der Waals surface area contributed by atoms with Crippen LogP contribution in [-0.4, -0.2) is 77.8 Å². The van der Waals surface area contributed by atoms with Gasteiger partial charge in [-0.25, -0.2) is 9.37 Å². The number of anilines is 1. The molecule has 3 rings (SSSR count). The minimum atomic E-state index is -0.479. The molecule has 1 aliphatic rings. The molecule has 2 N–H and O–H groups in total. The lowest BCUT2D eigenvalue weighted by Gasteiger charge is -2.34. The molecule has 0 spiro atoms. The summed E-state index contributed by atoms with van der Waals surface area (Å²) in [6.07, 6.45) is 0.831. The molecular weight excluding hydrogens is 379 g/mol. The lowest BCUT2D eigenvalue weighted by molar-refractivity contribution is 0.00949. The first-order valence-electron chi connectivity index (χ1n) is 9.75. The fourth-order valence-corrected chi connectivity index (χ4v) is 3.18. The van der Waals surface area contributed by atoms with Crippen molar-refractivity contribution >= 4 is 11.6 Å². The van der Waals surface area contributed by atoms with E-state index in [-0.39, 0.29) is 5.69 Å². The van der Waals surface area contributed by atoms with Crippen molar-refractivity contribution < 1.29 is 23.4 Å². The molecule has 0 bridgehead atoms. The van der Waals surface area contributed by atoms with E-state index in [1.807, 2.05) is 6.92 Å². The molecule has 2 heterocycles. The number of carbonyl (C=O) groups excluding carboxylic acids is 1. The predicted molar refractivity (Wildman–Crippen MR) is 105 cm³/mol. The molecule has 1 aromatic carbocycles. The van der Waals surface area contributed by atoms with Crippen molar-refractivity contribution in [1.82, 2.24) is 14.8 Å². The van der Waals surface area contributed by atoms with Crippen molar-refractivity contribution in [3.8, 4) is 0 Å². The quantitative estimate of drug-likeness (QED) is 0.653. The number of aliphatic hydroxyl groups excluding tert-OH is 1. The highest BCUT2D eigenvalue weighted by molar-refractivity contribution is 6.02. The monoisotopic (exact) mass is 406 g/mol. The number of ether oxygens (including phenoxy) is 1. The van der Waals surface area contributed by atoms with Crippen LogP contribution in [0.25, 0.3) is 0 Å². The van der Waals surface area contributed by atoms with Crippen LogP contribution in [0.3, 0.4) is 0 Å². The van der Waals surface area contributed by atoms with E-state index in [0.717, 1.165) is 26.2 Å². The number of hydrogen-bond donors (Lipinski definition) is 2. The van der Waals surface area contributed by atoms with Crippen LogP contribution >= 0.6 is 0 Å². The minimum Gasteiger partial charge on any atom is -0.447 e. The molecule has 1 fully saturated rings. The number of nitrogens with one attached hydrogen (secondary N) is 1. The number of benzene rings is 1. The summed E-state index contributed by atoms with van der Waals surface area (Å²) in [4.78, 5) is 20.9. The van der Waals surface area contributed by atoms with Crippen molar-refractivity contribution in [3.05, 3.63) is 47.9 Å². The average Bonchev–Trinajstić information content (AvgIpc) is 3.16. The van der Waals surface area contributed by atoms with Crippen LogP contribution in [-0.2, 0) is 11.3 Å². The molecule has 8 nitrogen and oxygen atoms in total. The molecule has 1 aliphatic heterocycles. The predicted octanol–water partition coefficient (Wildman–Crippen LogP) is 1.58. The molecule has 1 aromatic heterocycles. The van der Waals surface area contributed by atoms with Crippen LogP contribution < -0.4 is 5.32 Å². The molecular formula is C20H27FN4O4. The van der Waals surface area contributed by atoms with Gasteiger partial charge in [-0.1, -0.05) is 6.07 Å². The smallest absolute Gasteiger partial charge is 0.277 e. The van der Waals surface area contributed by atoms with Gasteiger partial charge in [0.15, 0.2) is 5.69 Å². The molecule has 1 amide bonds. The summed E-state index contributed by atoms with van der Waals surface area (Å²) in [5.41, 5.74) is 0.518. The second kappa shape index (κ2) is 10.4. The minimum absolute atomic E-state index is 0.155. The molecule has 1 saturated heterocycles. The van der Waals surface area contributed by atoms with Crippen LogP contribution in [0.5, 0.6) is 0 Å². The Bertz CT molecular complexity index is 792. The summed E-state index contributed by atoms with van der Waals surface area (Å²) in [6, 6.07) is 5.68. The van der Waals surface area contributed by atoms with Gasteiger partial charge in [-0.15, -0.1) is 0 Å². The zero-order valence-electron chi connectivity index (χ0n) is 16.5. The van der Waals surface area contributed by atoms with Crippen molar-refractivity contribution in [3.63, 3.8) is 0 Å². The van der Waals surface area contributed by atoms with Gasteiger partial charge in [-0.05, 0) is 25.1 Å². The topological polar surface area (TPSA) is 91.1 Å². The maximum absolute atomic E-state index is 13.2. The normalized spacial score (nSPS) is 16.7. The van der Waals surface area contributed by atoms with E-state index in [4.69, 9.17) is 9.15 Å². The third-order valence-corrected chi connectivity index (χ3v) is 4.67. The van der Waals surface area contributed by atoms with Gasteiger partial charge in [0.05, 0.1) is 19.3 Å². The maximum atomic E-state index is 13.2. The standard InChI is InChI=1S/C20H27FN4O4/c1-2-28-13-17(26)11-24-6-8-25(9-7-24)12-19-23-18(14-29-19)20(27)22-16-5-3-4-15(21)10-16/h3-5,10,14,17,26H,2,6-9,11-13H2,1H3,(H,22,27)/t17-/m1/s1. The van der Waals surface area contributed by atoms with Crippen molar-refractivity contribution in [1.29, 1.82) is 0 Å². The summed E-state index contributed by atoms with van der Waals surface area (Å²) < 4.78 is 23.9. The summed E-state index contributed by atoms with van der Waals surface area (Å²) >= 11 is 0. The van der Waals surface area contributed by atoms with E-state index in [1.54, 1.807) is 6.07 Å². The molecule has 0 radical (unpaired) electrons. The maximum Gasteiger partial charge on any atom is 0.277 e. The molecule has 1 atom stereocenters. The lowest BCUT2D eigenvalue weighted by atomic mass is 10.2. The number of aliphatic hydroxyl groups is 1. The Hall–Kier alpha value is -2.33. The zero-order chi connectivity index (χ0) is 20.6. The largest absolute Gasteiger partial charge is 0.447 e. The van der Waals surface area contributed by atoms with Gasteiger partial charge in [0, 0.05) is 45.0 Å². The van der Waals surface area contributed by atoms with E-state index in [0.29, 0.717) is 37.9 Å². The van der Waals surface area contributed by atoms with Gasteiger partial charge in [-0.2, -0.15) is 0 Å². The van der Waals surface area contributed by atoms with Gasteiger partial charge in [0.25, 0.3) is 5.91 Å². The number of nitrogens with zero attached hydrogens (tertiary/aromatic N) is 3. The fraction of sp³-hybridized carbons (Fsp3) is 0.500. The second-order valence-electron chi connectivity index (χ2n) is 6.98. The number of piperazine rings is 1. The van der Waals surface area contributed by atoms with E-state index in [2.05, 4.69) is 20.1 Å². The van der Waals surface area contributed by atoms with Gasteiger partial charge in [0.2, 0.25) is 5.89 Å². The van der Waals surface area contributed by atoms with Crippen LogP contribution in [0, 0.1) is 5.82 Å². The number of oxazole rings is 1. The fourth-order valence-electron chi connectivity index (χ4n) is 3.18. The highest BCUT2D eigenvalue weighted by Crippen LogP contribution is 2.13. The van der Waals surface area contributed by atoms with Crippen LogP contribution in [0.4, 0.5) is 10.1 Å². The van der Waals surface area contributed by atoms with Crippen molar-refractivity contribution in [2.45, 2.75) is 19.6 Å². The Morgan fingerprint density at radius 2 is 2.10 bits per heavy atom. The van der Waals surface area contributed by atoms with Gasteiger partial charge in [-0.3, -0.25) is 14.6 Å². The molecule has 158 valence electrons. The third-order valence-electron chi connectivity index (χ3n) is 4.67. The first-order chi connectivity index (χ1) is 14.0. The SMILES string of the molecule is CCOC[C@H](O)CN1CCN(Cc2nc(C(=O)Nc3cccc(F)c3)co2)CC1. The van der Waals surface area contributed by atoms with Crippen LogP contribution in [0.1, 0.15) is 23.3 Å². The van der Waals surface area contributed by atoms with Gasteiger partial charge < -0.3 is 19.6 Å². The number of hydrogen-bond acceptors (Lipinski definition) is 7. The molecule has 9 heteroatoms. The number of β-amino-alcohol motifs (C(OH)–C–C–N with tert-alkyl or cyclic N) is 1. The van der Waals surface area contributed by atoms with Crippen molar-refractivity contribution in [2.24, 2.45) is 0 Å². The first-order valence-corrected chi connectivity index (χ1v) is 9.75. The Balaban J connectivity index is 1.44. The van der Waals surface area contributed by atoms with E-state index in [9.17, 15) is 14.3 Å². The average molecular weight is 406 g/mol. The molecule has 29 heavy (non-hydrogen) atoms. The van der Waals surface area contributed by atoms with Crippen LogP contribution in [0.2, 0.25) is 0 Å². The van der Waals surface area contributed by atoms with E-state index >= 15 is 0 Å². The molecule has 0 aliphatic carbocycles. The molecule has 0 unspecified atom stereocenters. The Labute approximate surface area is 169 Å². The number of aromatic nitrogens is 1. The summed E-state index contributed by atoms with van der Waals surface area (Å²) in [5, 5.41) is 12.5. The number of carbonyl (C=O) groups is 1. The highest BCUT2D eigenvalue weighted by atomic mass is 19.1. The second-order valence-corrected chi connectivity index (χ2v) is 6.98. The van der Waals surface area contributed by atoms with Crippen molar-refractivity contribution in [2.75, 3.05) is 51.3 Å². The molecule has 0 saturated carbocycles. The lowest BCUT2D eigenvalue weighted by Crippen LogP contribution is -2.48. The summed E-state index contributed by atoms with van der Waals surface area (Å²) in [6.45, 7) is 7.25. The van der Waals surface area contributed by atoms with Gasteiger partial charge in [0.1, 0.15) is 12.1 Å². The number of amides is 1. The number of rotatable bonds is 9. The Morgan fingerprint density at radius 1 is 1.34 bits per heavy atom. The Kier molecular flexibility index (Phi) is 7.70. The van der Waals surface area contributed by atoms with E-state index in [1.165, 1.54) is 24.5 Å². The summed E-state index contributed by atoms with van der Waals surface area (Å²) in [7, 11) is 0. The molecule has 2 aromatic rings. The first kappa shape index (κ1) is 21.4. The number of halogens is 1. The highest BCUT2D eigenvalue weighted by Gasteiger charge is 2.21. The Morgan fingerprint density at radius 3 is 2.83 bits per heavy atom. The van der Waals surface area contributed by atoms with E-state index < -0.39 is 17.8 Å². The van der Waals surface area contributed by atoms with Crippen LogP contribution in [0.15, 0.2) is 34.9 Å². The third kappa shape index (κ3) is 6.60. The zero-order valence-corrected chi connectivity index (χ0v) is 16.5. The summed E-state index contributed by atoms with van der Waals surface area (Å²) in [5.74, 6) is -0.411. The van der Waals surface area contributed by atoms with Gasteiger partial charge >= 0.3 is 0 Å².